The summed E-state index contributed by atoms with van der Waals surface area (Å²) in [4.78, 5) is 8.00. The molecule has 2 rings (SSSR count). The second kappa shape index (κ2) is 3.53. The summed E-state index contributed by atoms with van der Waals surface area (Å²) in [7, 11) is 0. The molecule has 1 heterocycles. The van der Waals surface area contributed by atoms with Crippen LogP contribution in [0.5, 0.6) is 0 Å². The normalized spacial score (nSPS) is 10.2. The lowest BCUT2D eigenvalue weighted by Crippen LogP contribution is -1.99. The van der Waals surface area contributed by atoms with E-state index in [1.165, 1.54) is 18.2 Å². The summed E-state index contributed by atoms with van der Waals surface area (Å²) in [5, 5.41) is 0. The summed E-state index contributed by atoms with van der Waals surface area (Å²) in [5.74, 6) is 0.673. The molecule has 76 valence electrons. The molecular formula is C10H9FN4. The molecule has 4 nitrogen and oxygen atoms in total. The number of nitrogens with zero attached hydrogens (tertiary/aromatic N) is 2. The molecule has 1 aromatic carbocycles. The smallest absolute Gasteiger partial charge is 0.163 e. The van der Waals surface area contributed by atoms with Crippen LogP contribution in [0.1, 0.15) is 0 Å². The van der Waals surface area contributed by atoms with Crippen LogP contribution in [0.25, 0.3) is 11.4 Å². The Morgan fingerprint density at radius 3 is 2.00 bits per heavy atom. The zero-order chi connectivity index (χ0) is 10.8. The first-order valence-electron chi connectivity index (χ1n) is 4.31. The van der Waals surface area contributed by atoms with Crippen molar-refractivity contribution in [3.05, 3.63) is 36.1 Å². The molecule has 0 saturated heterocycles. The highest BCUT2D eigenvalue weighted by molar-refractivity contribution is 5.59. The van der Waals surface area contributed by atoms with Gasteiger partial charge in [0.05, 0.1) is 0 Å². The van der Waals surface area contributed by atoms with E-state index in [2.05, 4.69) is 9.97 Å². The molecule has 0 radical (unpaired) electrons. The summed E-state index contributed by atoms with van der Waals surface area (Å²) in [6, 6.07) is 7.27. The monoisotopic (exact) mass is 204 g/mol. The number of halogens is 1. The third kappa shape index (κ3) is 2.01. The summed E-state index contributed by atoms with van der Waals surface area (Å²) >= 11 is 0. The second-order valence-electron chi connectivity index (χ2n) is 3.05. The van der Waals surface area contributed by atoms with Gasteiger partial charge in [-0.05, 0) is 24.3 Å². The lowest BCUT2D eigenvalue weighted by Gasteiger charge is -2.02. The van der Waals surface area contributed by atoms with Gasteiger partial charge in [0.25, 0.3) is 0 Å². The predicted octanol–water partition coefficient (Wildman–Crippen LogP) is 1.45. The highest BCUT2D eigenvalue weighted by Crippen LogP contribution is 2.17. The summed E-state index contributed by atoms with van der Waals surface area (Å²) in [6.45, 7) is 0. The summed E-state index contributed by atoms with van der Waals surface area (Å²) < 4.78 is 12.7. The SMILES string of the molecule is Nc1cc(N)nc(-c2ccc(F)cc2)n1. The quantitative estimate of drug-likeness (QED) is 0.736. The van der Waals surface area contributed by atoms with E-state index in [1.54, 1.807) is 12.1 Å². The molecule has 0 fully saturated rings. The van der Waals surface area contributed by atoms with Crippen LogP contribution in [-0.4, -0.2) is 9.97 Å². The van der Waals surface area contributed by atoms with E-state index in [0.29, 0.717) is 23.0 Å². The largest absolute Gasteiger partial charge is 0.384 e. The van der Waals surface area contributed by atoms with Gasteiger partial charge in [-0.25, -0.2) is 14.4 Å². The van der Waals surface area contributed by atoms with Gasteiger partial charge in [0.1, 0.15) is 17.5 Å². The lowest BCUT2D eigenvalue weighted by molar-refractivity contribution is 0.628. The summed E-state index contributed by atoms with van der Waals surface area (Å²) in [6.07, 6.45) is 0. The minimum atomic E-state index is -0.310. The van der Waals surface area contributed by atoms with Gasteiger partial charge < -0.3 is 11.5 Å². The minimum Gasteiger partial charge on any atom is -0.384 e. The number of nitrogen functional groups attached to an aromatic ring is 2. The van der Waals surface area contributed by atoms with Crippen molar-refractivity contribution in [3.63, 3.8) is 0 Å². The van der Waals surface area contributed by atoms with Gasteiger partial charge in [-0.3, -0.25) is 0 Å². The zero-order valence-corrected chi connectivity index (χ0v) is 7.81. The number of aromatic nitrogens is 2. The van der Waals surface area contributed by atoms with Crippen molar-refractivity contribution in [2.24, 2.45) is 0 Å². The molecule has 0 aliphatic carbocycles. The van der Waals surface area contributed by atoms with Gasteiger partial charge in [-0.1, -0.05) is 0 Å². The number of hydrogen-bond acceptors (Lipinski definition) is 4. The van der Waals surface area contributed by atoms with E-state index in [1.807, 2.05) is 0 Å². The van der Waals surface area contributed by atoms with E-state index in [9.17, 15) is 4.39 Å². The Hall–Kier alpha value is -2.17. The number of benzene rings is 1. The maximum absolute atomic E-state index is 12.7. The number of nitrogens with two attached hydrogens (primary N) is 2. The van der Waals surface area contributed by atoms with Crippen LogP contribution in [0.4, 0.5) is 16.0 Å². The summed E-state index contributed by atoms with van der Waals surface area (Å²) in [5.41, 5.74) is 11.7. The number of anilines is 2. The number of hydrogen-bond donors (Lipinski definition) is 2. The molecule has 0 aliphatic rings. The first-order chi connectivity index (χ1) is 7.15. The van der Waals surface area contributed by atoms with Gasteiger partial charge in [0.15, 0.2) is 5.82 Å². The van der Waals surface area contributed by atoms with Gasteiger partial charge in [0, 0.05) is 11.6 Å². The van der Waals surface area contributed by atoms with Crippen molar-refractivity contribution in [1.29, 1.82) is 0 Å². The zero-order valence-electron chi connectivity index (χ0n) is 7.81. The molecule has 0 amide bonds. The Balaban J connectivity index is 2.49. The number of rotatable bonds is 1. The molecule has 0 aliphatic heterocycles. The Morgan fingerprint density at radius 1 is 0.933 bits per heavy atom. The Morgan fingerprint density at radius 2 is 1.47 bits per heavy atom. The molecule has 0 unspecified atom stereocenters. The third-order valence-corrected chi connectivity index (χ3v) is 1.87. The van der Waals surface area contributed by atoms with Crippen LogP contribution in [0.15, 0.2) is 30.3 Å². The Labute approximate surface area is 85.8 Å². The van der Waals surface area contributed by atoms with E-state index < -0.39 is 0 Å². The maximum atomic E-state index is 12.7. The molecule has 0 atom stereocenters. The topological polar surface area (TPSA) is 77.8 Å². The van der Waals surface area contributed by atoms with E-state index in [-0.39, 0.29) is 5.82 Å². The third-order valence-electron chi connectivity index (χ3n) is 1.87. The van der Waals surface area contributed by atoms with E-state index in [4.69, 9.17) is 11.5 Å². The highest BCUT2D eigenvalue weighted by atomic mass is 19.1. The van der Waals surface area contributed by atoms with Crippen molar-refractivity contribution in [2.75, 3.05) is 11.5 Å². The van der Waals surface area contributed by atoms with Crippen molar-refractivity contribution < 1.29 is 4.39 Å². The van der Waals surface area contributed by atoms with Gasteiger partial charge >= 0.3 is 0 Å². The fourth-order valence-electron chi connectivity index (χ4n) is 1.21. The van der Waals surface area contributed by atoms with Crippen LogP contribution in [0.3, 0.4) is 0 Å². The van der Waals surface area contributed by atoms with Crippen molar-refractivity contribution in [3.8, 4) is 11.4 Å². The van der Waals surface area contributed by atoms with Crippen molar-refractivity contribution in [1.82, 2.24) is 9.97 Å². The lowest BCUT2D eigenvalue weighted by atomic mass is 10.2. The predicted molar refractivity (Wildman–Crippen MR) is 56.3 cm³/mol. The fourth-order valence-corrected chi connectivity index (χ4v) is 1.21. The molecule has 5 heteroatoms. The average molecular weight is 204 g/mol. The highest BCUT2D eigenvalue weighted by Gasteiger charge is 2.03. The van der Waals surface area contributed by atoms with Gasteiger partial charge in [0.2, 0.25) is 0 Å². The van der Waals surface area contributed by atoms with E-state index in [0.717, 1.165) is 0 Å². The first-order valence-corrected chi connectivity index (χ1v) is 4.31. The molecule has 0 spiro atoms. The van der Waals surface area contributed by atoms with Crippen molar-refractivity contribution in [2.45, 2.75) is 0 Å². The minimum absolute atomic E-state index is 0.293. The standard InChI is InChI=1S/C10H9FN4/c11-7-3-1-6(2-4-7)10-14-8(12)5-9(13)15-10/h1-5H,(H4,12,13,14,15). The fraction of sp³-hybridized carbons (Fsp3) is 0. The van der Waals surface area contributed by atoms with Crippen LogP contribution >= 0.6 is 0 Å². The van der Waals surface area contributed by atoms with Gasteiger partial charge in [-0.15, -0.1) is 0 Å². The van der Waals surface area contributed by atoms with Crippen molar-refractivity contribution >= 4 is 11.6 Å². The van der Waals surface area contributed by atoms with Crippen LogP contribution in [0.2, 0.25) is 0 Å². The maximum Gasteiger partial charge on any atom is 0.163 e. The Bertz CT molecular complexity index is 461. The van der Waals surface area contributed by atoms with Crippen LogP contribution < -0.4 is 11.5 Å². The molecule has 0 saturated carbocycles. The average Bonchev–Trinajstić information content (AvgIpc) is 2.17. The molecule has 0 bridgehead atoms. The van der Waals surface area contributed by atoms with Gasteiger partial charge in [-0.2, -0.15) is 0 Å². The van der Waals surface area contributed by atoms with Crippen LogP contribution in [-0.2, 0) is 0 Å². The first kappa shape index (κ1) is 9.39. The molecule has 2 aromatic rings. The van der Waals surface area contributed by atoms with E-state index >= 15 is 0 Å². The van der Waals surface area contributed by atoms with Crippen LogP contribution in [0, 0.1) is 5.82 Å². The molecular weight excluding hydrogens is 195 g/mol. The second-order valence-corrected chi connectivity index (χ2v) is 3.05. The molecule has 1 aromatic heterocycles. The molecule has 15 heavy (non-hydrogen) atoms. The Kier molecular flexibility index (Phi) is 2.21. The molecule has 4 N–H and O–H groups in total.